The first-order chi connectivity index (χ1) is 15.8. The summed E-state index contributed by atoms with van der Waals surface area (Å²) in [5.41, 5.74) is 2.42. The maximum absolute atomic E-state index is 13.2. The molecule has 0 aliphatic heterocycles. The average Bonchev–Trinajstić information content (AvgIpc) is 3.11. The van der Waals surface area contributed by atoms with Gasteiger partial charge in [-0.3, -0.25) is 9.59 Å². The number of nitrogens with one attached hydrogen (secondary N) is 1. The summed E-state index contributed by atoms with van der Waals surface area (Å²) in [4.78, 5) is 30.9. The van der Waals surface area contributed by atoms with E-state index in [-0.39, 0.29) is 35.8 Å². The molecule has 0 aliphatic rings. The summed E-state index contributed by atoms with van der Waals surface area (Å²) in [6.45, 7) is 8.73. The fourth-order valence-corrected chi connectivity index (χ4v) is 4.25. The monoisotopic (exact) mass is 445 g/mol. The molecule has 0 bridgehead atoms. The van der Waals surface area contributed by atoms with Gasteiger partial charge < -0.3 is 9.88 Å². The number of fused-ring (bicyclic) bond motifs is 2. The molecular weight excluding hydrogens is 414 g/mol. The van der Waals surface area contributed by atoms with Crippen LogP contribution in [0, 0.1) is 11.8 Å². The van der Waals surface area contributed by atoms with Crippen LogP contribution in [0.1, 0.15) is 45.3 Å². The number of aryl methyl sites for hydroxylation is 1. The second-order valence-corrected chi connectivity index (χ2v) is 9.36. The molecule has 0 saturated heterocycles. The molecular formula is C26H31N5O2. The summed E-state index contributed by atoms with van der Waals surface area (Å²) in [5, 5.41) is 9.07. The lowest BCUT2D eigenvalue weighted by atomic mass is 10.0. The zero-order chi connectivity index (χ0) is 23.7. The SMILES string of the molecule is CC(C)Cn1nc(CC(=O)N[C@H](c2nc3ccccc3n2C)C(C)C)c2ccccc2c1=O. The van der Waals surface area contributed by atoms with E-state index < -0.39 is 0 Å². The molecule has 2 aromatic carbocycles. The summed E-state index contributed by atoms with van der Waals surface area (Å²) >= 11 is 0. The predicted octanol–water partition coefficient (Wildman–Crippen LogP) is 4.00. The molecule has 4 rings (SSSR count). The molecule has 7 heteroatoms. The van der Waals surface area contributed by atoms with Crippen LogP contribution in [0.2, 0.25) is 0 Å². The molecule has 2 heterocycles. The number of hydrogen-bond donors (Lipinski definition) is 1. The number of amides is 1. The van der Waals surface area contributed by atoms with Crippen LogP contribution in [0.15, 0.2) is 53.3 Å². The molecule has 0 fully saturated rings. The lowest BCUT2D eigenvalue weighted by Crippen LogP contribution is -2.35. The maximum Gasteiger partial charge on any atom is 0.274 e. The van der Waals surface area contributed by atoms with Gasteiger partial charge in [0.25, 0.3) is 5.56 Å². The summed E-state index contributed by atoms with van der Waals surface area (Å²) in [7, 11) is 1.98. The average molecular weight is 446 g/mol. The van der Waals surface area contributed by atoms with Gasteiger partial charge >= 0.3 is 0 Å². The molecule has 1 amide bonds. The van der Waals surface area contributed by atoms with E-state index in [2.05, 4.69) is 24.3 Å². The third kappa shape index (κ3) is 4.53. The van der Waals surface area contributed by atoms with Gasteiger partial charge in [0, 0.05) is 19.0 Å². The van der Waals surface area contributed by atoms with Gasteiger partial charge in [-0.05, 0) is 30.0 Å². The first-order valence-corrected chi connectivity index (χ1v) is 11.5. The zero-order valence-corrected chi connectivity index (χ0v) is 19.9. The first-order valence-electron chi connectivity index (χ1n) is 11.5. The molecule has 172 valence electrons. The minimum atomic E-state index is -0.247. The van der Waals surface area contributed by atoms with E-state index in [4.69, 9.17) is 4.98 Å². The molecule has 33 heavy (non-hydrogen) atoms. The van der Waals surface area contributed by atoms with E-state index in [1.165, 1.54) is 4.68 Å². The molecule has 0 aliphatic carbocycles. The van der Waals surface area contributed by atoms with Crippen molar-refractivity contribution >= 4 is 27.7 Å². The quantitative estimate of drug-likeness (QED) is 0.466. The fourth-order valence-electron chi connectivity index (χ4n) is 4.25. The minimum absolute atomic E-state index is 0.0893. The highest BCUT2D eigenvalue weighted by Crippen LogP contribution is 2.25. The Labute approximate surface area is 193 Å². The maximum atomic E-state index is 13.2. The molecule has 2 aromatic heterocycles. The van der Waals surface area contributed by atoms with Crippen LogP contribution >= 0.6 is 0 Å². The highest BCUT2D eigenvalue weighted by molar-refractivity contribution is 5.88. The molecule has 1 atom stereocenters. The lowest BCUT2D eigenvalue weighted by molar-refractivity contribution is -0.121. The van der Waals surface area contributed by atoms with E-state index in [1.54, 1.807) is 6.07 Å². The van der Waals surface area contributed by atoms with Gasteiger partial charge in [0.15, 0.2) is 0 Å². The summed E-state index contributed by atoms with van der Waals surface area (Å²) in [6.07, 6.45) is 0.0893. The van der Waals surface area contributed by atoms with E-state index in [9.17, 15) is 9.59 Å². The van der Waals surface area contributed by atoms with Crippen molar-refractivity contribution in [1.29, 1.82) is 0 Å². The molecule has 0 radical (unpaired) electrons. The second kappa shape index (κ2) is 9.17. The third-order valence-corrected chi connectivity index (χ3v) is 5.89. The third-order valence-electron chi connectivity index (χ3n) is 5.89. The largest absolute Gasteiger partial charge is 0.346 e. The van der Waals surface area contributed by atoms with Gasteiger partial charge in [0.1, 0.15) is 5.82 Å². The molecule has 1 N–H and O–H groups in total. The highest BCUT2D eigenvalue weighted by atomic mass is 16.2. The van der Waals surface area contributed by atoms with Crippen LogP contribution in [0.4, 0.5) is 0 Å². The van der Waals surface area contributed by atoms with Crippen LogP contribution in [-0.4, -0.2) is 25.2 Å². The Morgan fingerprint density at radius 2 is 1.67 bits per heavy atom. The lowest BCUT2D eigenvalue weighted by Gasteiger charge is -2.22. The number of imidazole rings is 1. The number of nitrogens with zero attached hydrogens (tertiary/aromatic N) is 4. The van der Waals surface area contributed by atoms with Crippen molar-refractivity contribution in [2.45, 2.75) is 46.7 Å². The normalized spacial score (nSPS) is 12.7. The van der Waals surface area contributed by atoms with Crippen molar-refractivity contribution in [3.63, 3.8) is 0 Å². The molecule has 0 saturated carbocycles. The Bertz CT molecular complexity index is 1370. The van der Waals surface area contributed by atoms with Crippen LogP contribution in [0.25, 0.3) is 21.8 Å². The van der Waals surface area contributed by atoms with E-state index in [0.29, 0.717) is 17.6 Å². The van der Waals surface area contributed by atoms with Gasteiger partial charge in [-0.15, -0.1) is 0 Å². The summed E-state index contributed by atoms with van der Waals surface area (Å²) in [6, 6.07) is 15.1. The molecule has 0 unspecified atom stereocenters. The van der Waals surface area contributed by atoms with E-state index >= 15 is 0 Å². The van der Waals surface area contributed by atoms with Crippen molar-refractivity contribution in [3.05, 3.63) is 70.4 Å². The molecule has 0 spiro atoms. The van der Waals surface area contributed by atoms with Gasteiger partial charge in [0.05, 0.1) is 34.6 Å². The minimum Gasteiger partial charge on any atom is -0.346 e. The highest BCUT2D eigenvalue weighted by Gasteiger charge is 2.25. The smallest absolute Gasteiger partial charge is 0.274 e. The van der Waals surface area contributed by atoms with Gasteiger partial charge in [-0.25, -0.2) is 9.67 Å². The Morgan fingerprint density at radius 1 is 1.00 bits per heavy atom. The summed E-state index contributed by atoms with van der Waals surface area (Å²) in [5.74, 6) is 1.08. The van der Waals surface area contributed by atoms with Crippen LogP contribution in [-0.2, 0) is 24.8 Å². The predicted molar refractivity (Wildman–Crippen MR) is 131 cm³/mol. The fraction of sp³-hybridized carbons (Fsp3) is 0.385. The number of aromatic nitrogens is 4. The number of benzene rings is 2. The first kappa shape index (κ1) is 22.7. The van der Waals surface area contributed by atoms with Crippen molar-refractivity contribution in [3.8, 4) is 0 Å². The zero-order valence-electron chi connectivity index (χ0n) is 19.9. The van der Waals surface area contributed by atoms with Crippen molar-refractivity contribution in [2.24, 2.45) is 18.9 Å². The van der Waals surface area contributed by atoms with Crippen LogP contribution < -0.4 is 10.9 Å². The summed E-state index contributed by atoms with van der Waals surface area (Å²) < 4.78 is 3.53. The number of carbonyl (C=O) groups is 1. The second-order valence-electron chi connectivity index (χ2n) is 9.36. The molecule has 4 aromatic rings. The number of rotatable bonds is 7. The van der Waals surface area contributed by atoms with Gasteiger partial charge in [-0.2, -0.15) is 5.10 Å². The number of carbonyl (C=O) groups excluding carboxylic acids is 1. The van der Waals surface area contributed by atoms with Gasteiger partial charge in [-0.1, -0.05) is 58.0 Å². The molecule has 7 nitrogen and oxygen atoms in total. The Balaban J connectivity index is 1.66. The van der Waals surface area contributed by atoms with Crippen molar-refractivity contribution < 1.29 is 4.79 Å². The van der Waals surface area contributed by atoms with E-state index in [0.717, 1.165) is 22.2 Å². The van der Waals surface area contributed by atoms with Crippen LogP contribution in [0.5, 0.6) is 0 Å². The van der Waals surface area contributed by atoms with Gasteiger partial charge in [0.2, 0.25) is 5.91 Å². The van der Waals surface area contributed by atoms with Crippen molar-refractivity contribution in [2.75, 3.05) is 0 Å². The Hall–Kier alpha value is -3.48. The van der Waals surface area contributed by atoms with Crippen LogP contribution in [0.3, 0.4) is 0 Å². The topological polar surface area (TPSA) is 81.8 Å². The Morgan fingerprint density at radius 3 is 2.33 bits per heavy atom. The Kier molecular flexibility index (Phi) is 6.31. The van der Waals surface area contributed by atoms with E-state index in [1.807, 2.05) is 67.9 Å². The number of hydrogen-bond acceptors (Lipinski definition) is 4. The standard InChI is InChI=1S/C26H31N5O2/c1-16(2)15-31-26(33)19-11-7-6-10-18(19)21(29-31)14-23(32)28-24(17(3)4)25-27-20-12-8-9-13-22(20)30(25)5/h6-13,16-17,24H,14-15H2,1-5H3,(H,28,32)/t24-/m0/s1. The number of para-hydroxylation sites is 2. The van der Waals surface area contributed by atoms with Crippen molar-refractivity contribution in [1.82, 2.24) is 24.6 Å².